The van der Waals surface area contributed by atoms with Crippen molar-refractivity contribution in [3.8, 4) is 11.1 Å². The molecule has 2 heterocycles. The number of hydrogen-bond donors (Lipinski definition) is 0. The number of fused-ring (bicyclic) bond motifs is 1. The summed E-state index contributed by atoms with van der Waals surface area (Å²) < 4.78 is 6.60. The summed E-state index contributed by atoms with van der Waals surface area (Å²) in [4.78, 5) is 24.3. The average molecular weight is 341 g/mol. The predicted octanol–water partition coefficient (Wildman–Crippen LogP) is 4.32. The van der Waals surface area contributed by atoms with Gasteiger partial charge in [0, 0.05) is 16.6 Å². The van der Waals surface area contributed by atoms with Crippen LogP contribution in [0.25, 0.3) is 16.0 Å². The van der Waals surface area contributed by atoms with E-state index in [2.05, 4.69) is 26.0 Å². The Morgan fingerprint density at radius 2 is 2.12 bits per heavy atom. The van der Waals surface area contributed by atoms with Crippen molar-refractivity contribution >= 4 is 28.4 Å². The van der Waals surface area contributed by atoms with Gasteiger partial charge in [0.05, 0.1) is 19.2 Å². The molecule has 0 aliphatic rings. The molecule has 2 aromatic heterocycles. The van der Waals surface area contributed by atoms with Crippen LogP contribution in [0.3, 0.4) is 0 Å². The van der Waals surface area contributed by atoms with Crippen LogP contribution in [0.1, 0.15) is 41.5 Å². The number of thiazole rings is 1. The molecule has 0 spiro atoms. The number of aromatic nitrogens is 1. The van der Waals surface area contributed by atoms with Crippen LogP contribution in [0.2, 0.25) is 0 Å². The van der Waals surface area contributed by atoms with Gasteiger partial charge in [-0.15, -0.1) is 11.3 Å². The number of aldehydes is 1. The molecule has 0 N–H and O–H groups in total. The summed E-state index contributed by atoms with van der Waals surface area (Å²) in [5.74, 6) is 0.104. The third-order valence-electron chi connectivity index (χ3n) is 4.14. The molecule has 0 amide bonds. The fourth-order valence-corrected chi connectivity index (χ4v) is 3.77. The molecule has 4 nitrogen and oxygen atoms in total. The van der Waals surface area contributed by atoms with Crippen LogP contribution >= 0.6 is 11.3 Å². The highest BCUT2D eigenvalue weighted by molar-refractivity contribution is 7.15. The summed E-state index contributed by atoms with van der Waals surface area (Å²) in [6.07, 6.45) is 1.01. The van der Waals surface area contributed by atoms with Gasteiger partial charge in [-0.2, -0.15) is 0 Å². The molecule has 3 aromatic rings. The molecule has 0 bridgehead atoms. The lowest BCUT2D eigenvalue weighted by Crippen LogP contribution is -2.07. The summed E-state index contributed by atoms with van der Waals surface area (Å²) in [6.45, 7) is 4.29. The summed E-state index contributed by atoms with van der Waals surface area (Å²) in [5, 5.41) is 1.90. The Kier molecular flexibility index (Phi) is 4.53. The second kappa shape index (κ2) is 6.61. The summed E-state index contributed by atoms with van der Waals surface area (Å²) >= 11 is 1.52. The van der Waals surface area contributed by atoms with Crippen LogP contribution in [0.5, 0.6) is 0 Å². The van der Waals surface area contributed by atoms with E-state index in [-0.39, 0.29) is 12.4 Å². The molecule has 5 heteroatoms. The van der Waals surface area contributed by atoms with Crippen molar-refractivity contribution < 1.29 is 14.3 Å². The Labute approximate surface area is 144 Å². The summed E-state index contributed by atoms with van der Waals surface area (Å²) in [5.41, 5.74) is 4.49. The van der Waals surface area contributed by atoms with Crippen molar-refractivity contribution in [1.29, 1.82) is 0 Å². The number of rotatable bonds is 5. The predicted molar refractivity (Wildman–Crippen MR) is 95.9 cm³/mol. The first-order chi connectivity index (χ1) is 11.5. The van der Waals surface area contributed by atoms with E-state index in [9.17, 15) is 9.59 Å². The Bertz CT molecular complexity index is 905. The fraction of sp³-hybridized carbons (Fsp3) is 0.263. The molecule has 1 aromatic carbocycles. The number of nitrogens with zero attached hydrogens (tertiary/aromatic N) is 1. The highest BCUT2D eigenvalue weighted by atomic mass is 32.1. The fourth-order valence-electron chi connectivity index (χ4n) is 2.82. The van der Waals surface area contributed by atoms with Crippen molar-refractivity contribution in [2.75, 3.05) is 7.11 Å². The number of carbonyl (C=O) groups excluding carboxylic acids is 2. The van der Waals surface area contributed by atoms with Gasteiger partial charge in [-0.05, 0) is 23.1 Å². The molecule has 0 saturated heterocycles. The maximum atomic E-state index is 11.8. The van der Waals surface area contributed by atoms with Crippen LogP contribution in [0.15, 0.2) is 35.7 Å². The van der Waals surface area contributed by atoms with Gasteiger partial charge in [0.25, 0.3) is 0 Å². The van der Waals surface area contributed by atoms with E-state index in [0.29, 0.717) is 11.6 Å². The van der Waals surface area contributed by atoms with Gasteiger partial charge in [0.1, 0.15) is 4.83 Å². The van der Waals surface area contributed by atoms with Gasteiger partial charge in [-0.25, -0.2) is 0 Å². The Hall–Kier alpha value is -2.40. The Morgan fingerprint density at radius 3 is 2.79 bits per heavy atom. The zero-order valence-corrected chi connectivity index (χ0v) is 14.7. The second-order valence-electron chi connectivity index (χ2n) is 5.99. The van der Waals surface area contributed by atoms with Crippen molar-refractivity contribution in [2.45, 2.75) is 26.2 Å². The van der Waals surface area contributed by atoms with Crippen LogP contribution in [-0.4, -0.2) is 23.8 Å². The van der Waals surface area contributed by atoms with Crippen molar-refractivity contribution in [1.82, 2.24) is 4.40 Å². The molecule has 124 valence electrons. The monoisotopic (exact) mass is 341 g/mol. The molecule has 0 atom stereocenters. The van der Waals surface area contributed by atoms with Gasteiger partial charge < -0.3 is 9.14 Å². The lowest BCUT2D eigenvalue weighted by atomic mass is 9.97. The zero-order valence-electron chi connectivity index (χ0n) is 13.9. The third-order valence-corrected chi connectivity index (χ3v) is 5.07. The summed E-state index contributed by atoms with van der Waals surface area (Å²) in [6, 6.07) is 10.3. The first-order valence-electron chi connectivity index (χ1n) is 7.79. The quantitative estimate of drug-likeness (QED) is 0.513. The van der Waals surface area contributed by atoms with Crippen LogP contribution in [-0.2, 0) is 16.0 Å². The van der Waals surface area contributed by atoms with E-state index in [1.165, 1.54) is 24.0 Å². The van der Waals surface area contributed by atoms with Crippen molar-refractivity contribution in [2.24, 2.45) is 0 Å². The average Bonchev–Trinajstić information content (AvgIpc) is 3.14. The van der Waals surface area contributed by atoms with Gasteiger partial charge in [0.15, 0.2) is 6.29 Å². The molecular weight excluding hydrogens is 322 g/mol. The Morgan fingerprint density at radius 1 is 1.33 bits per heavy atom. The lowest BCUT2D eigenvalue weighted by Gasteiger charge is -2.08. The van der Waals surface area contributed by atoms with Crippen LogP contribution in [0.4, 0.5) is 0 Å². The van der Waals surface area contributed by atoms with Crippen molar-refractivity contribution in [3.05, 3.63) is 52.7 Å². The van der Waals surface area contributed by atoms with Gasteiger partial charge in [-0.3, -0.25) is 9.59 Å². The molecular formula is C19H19NO3S. The molecule has 3 rings (SSSR count). The summed E-state index contributed by atoms with van der Waals surface area (Å²) in [7, 11) is 1.37. The van der Waals surface area contributed by atoms with E-state index in [1.807, 2.05) is 28.0 Å². The first kappa shape index (κ1) is 16.5. The third kappa shape index (κ3) is 2.87. The first-order valence-corrected chi connectivity index (χ1v) is 8.67. The van der Waals surface area contributed by atoms with E-state index < -0.39 is 0 Å². The zero-order chi connectivity index (χ0) is 17.3. The van der Waals surface area contributed by atoms with E-state index in [0.717, 1.165) is 27.9 Å². The van der Waals surface area contributed by atoms with Gasteiger partial charge in [-0.1, -0.05) is 38.1 Å². The van der Waals surface area contributed by atoms with Gasteiger partial charge >= 0.3 is 5.97 Å². The molecule has 0 aliphatic heterocycles. The normalized spacial score (nSPS) is 11.2. The van der Waals surface area contributed by atoms with E-state index >= 15 is 0 Å². The maximum absolute atomic E-state index is 11.8. The Balaban J connectivity index is 2.14. The number of esters is 1. The second-order valence-corrected chi connectivity index (χ2v) is 6.88. The highest BCUT2D eigenvalue weighted by Gasteiger charge is 2.18. The molecule has 0 saturated carbocycles. The smallest absolute Gasteiger partial charge is 0.311 e. The standard InChI is InChI=1S/C19H19NO3S/c1-12(2)13-5-4-6-14(7-13)16-9-18-20(17(16)10-21)15(11-24-18)8-19(22)23-3/h4-7,9-12H,8H2,1-3H3. The highest BCUT2D eigenvalue weighted by Crippen LogP contribution is 2.32. The largest absolute Gasteiger partial charge is 0.469 e. The topological polar surface area (TPSA) is 47.8 Å². The van der Waals surface area contributed by atoms with Crippen LogP contribution < -0.4 is 0 Å². The minimum Gasteiger partial charge on any atom is -0.469 e. The number of methoxy groups -OCH3 is 1. The maximum Gasteiger partial charge on any atom is 0.311 e. The molecule has 0 unspecified atom stereocenters. The molecule has 0 aliphatic carbocycles. The van der Waals surface area contributed by atoms with E-state index in [4.69, 9.17) is 4.74 Å². The number of carbonyl (C=O) groups is 2. The molecule has 24 heavy (non-hydrogen) atoms. The van der Waals surface area contributed by atoms with E-state index in [1.54, 1.807) is 0 Å². The van der Waals surface area contributed by atoms with Crippen LogP contribution in [0, 0.1) is 0 Å². The lowest BCUT2D eigenvalue weighted by molar-refractivity contribution is -0.139. The number of benzene rings is 1. The van der Waals surface area contributed by atoms with Crippen molar-refractivity contribution in [3.63, 3.8) is 0 Å². The molecule has 0 fully saturated rings. The number of ether oxygens (including phenoxy) is 1. The van der Waals surface area contributed by atoms with Gasteiger partial charge in [0.2, 0.25) is 0 Å². The SMILES string of the molecule is COC(=O)Cc1csc2cc(-c3cccc(C(C)C)c3)c(C=O)n12. The minimum atomic E-state index is -0.316. The number of hydrogen-bond acceptors (Lipinski definition) is 4. The molecule has 0 radical (unpaired) electrons. The minimum absolute atomic E-state index is 0.150.